The van der Waals surface area contributed by atoms with E-state index in [0.717, 1.165) is 19.4 Å². The quantitative estimate of drug-likeness (QED) is 0.632. The van der Waals surface area contributed by atoms with Gasteiger partial charge in [-0.3, -0.25) is 4.79 Å². The number of amides is 1. The molecular formula is C17H29N3O3S. The van der Waals surface area contributed by atoms with E-state index in [-0.39, 0.29) is 10.8 Å². The Morgan fingerprint density at radius 3 is 2.33 bits per heavy atom. The minimum atomic E-state index is -3.50. The zero-order valence-electron chi connectivity index (χ0n) is 15.0. The van der Waals surface area contributed by atoms with Crippen LogP contribution in [0.4, 0.5) is 5.69 Å². The lowest BCUT2D eigenvalue weighted by atomic mass is 10.2. The number of carbonyl (C=O) groups excluding carboxylic acids is 1. The highest BCUT2D eigenvalue weighted by Gasteiger charge is 2.13. The highest BCUT2D eigenvalue weighted by Crippen LogP contribution is 2.14. The Labute approximate surface area is 145 Å². The van der Waals surface area contributed by atoms with Crippen molar-refractivity contribution in [2.45, 2.75) is 51.0 Å². The maximum atomic E-state index is 12.2. The van der Waals surface area contributed by atoms with Gasteiger partial charge < -0.3 is 10.2 Å². The van der Waals surface area contributed by atoms with Crippen LogP contribution in [0.3, 0.4) is 0 Å². The van der Waals surface area contributed by atoms with Gasteiger partial charge in [0.25, 0.3) is 0 Å². The summed E-state index contributed by atoms with van der Waals surface area (Å²) in [6.45, 7) is 7.40. The number of benzene rings is 1. The fourth-order valence-electron chi connectivity index (χ4n) is 2.00. The topological polar surface area (TPSA) is 78.5 Å². The van der Waals surface area contributed by atoms with E-state index in [4.69, 9.17) is 0 Å². The van der Waals surface area contributed by atoms with Gasteiger partial charge in [0, 0.05) is 24.7 Å². The Morgan fingerprint density at radius 1 is 1.17 bits per heavy atom. The number of anilines is 1. The molecule has 24 heavy (non-hydrogen) atoms. The van der Waals surface area contributed by atoms with E-state index in [2.05, 4.69) is 35.8 Å². The summed E-state index contributed by atoms with van der Waals surface area (Å²) < 4.78 is 27.1. The van der Waals surface area contributed by atoms with Crippen LogP contribution in [0.5, 0.6) is 0 Å². The molecule has 0 aliphatic heterocycles. The van der Waals surface area contributed by atoms with Gasteiger partial charge in [0.05, 0.1) is 4.90 Å². The van der Waals surface area contributed by atoms with Gasteiger partial charge in [-0.25, -0.2) is 13.1 Å². The lowest BCUT2D eigenvalue weighted by Crippen LogP contribution is -2.29. The molecule has 6 nitrogen and oxygen atoms in total. The van der Waals surface area contributed by atoms with Gasteiger partial charge in [-0.2, -0.15) is 0 Å². The Morgan fingerprint density at radius 2 is 1.79 bits per heavy atom. The maximum Gasteiger partial charge on any atom is 0.240 e. The fourth-order valence-corrected chi connectivity index (χ4v) is 3.08. The van der Waals surface area contributed by atoms with Gasteiger partial charge in [0.15, 0.2) is 0 Å². The van der Waals surface area contributed by atoms with Gasteiger partial charge in [0.2, 0.25) is 15.9 Å². The van der Waals surface area contributed by atoms with Crippen molar-refractivity contribution in [3.05, 3.63) is 24.3 Å². The molecule has 1 aromatic carbocycles. The van der Waals surface area contributed by atoms with E-state index >= 15 is 0 Å². The summed E-state index contributed by atoms with van der Waals surface area (Å²) in [5, 5.41) is 2.69. The highest BCUT2D eigenvalue weighted by atomic mass is 32.2. The number of nitrogens with one attached hydrogen (secondary N) is 2. The molecular weight excluding hydrogens is 326 g/mol. The van der Waals surface area contributed by atoms with Crippen molar-refractivity contribution >= 4 is 21.6 Å². The molecule has 1 rings (SSSR count). The predicted octanol–water partition coefficient (Wildman–Crippen LogP) is 2.43. The van der Waals surface area contributed by atoms with Crippen LogP contribution in [0.2, 0.25) is 0 Å². The van der Waals surface area contributed by atoms with Crippen molar-refractivity contribution in [3.8, 4) is 0 Å². The van der Waals surface area contributed by atoms with Crippen LogP contribution in [-0.2, 0) is 14.8 Å². The van der Waals surface area contributed by atoms with E-state index in [1.165, 1.54) is 12.1 Å². The number of rotatable bonds is 10. The van der Waals surface area contributed by atoms with Gasteiger partial charge in [0.1, 0.15) is 0 Å². The van der Waals surface area contributed by atoms with Crippen molar-refractivity contribution in [3.63, 3.8) is 0 Å². The first kappa shape index (κ1) is 20.6. The molecule has 0 spiro atoms. The second-order valence-electron chi connectivity index (χ2n) is 6.11. The average Bonchev–Trinajstić information content (AvgIpc) is 2.54. The Hall–Kier alpha value is -1.44. The summed E-state index contributed by atoms with van der Waals surface area (Å²) in [5.41, 5.74) is 0.595. The third-order valence-corrected chi connectivity index (χ3v) is 5.36. The lowest BCUT2D eigenvalue weighted by molar-refractivity contribution is -0.115. The molecule has 2 N–H and O–H groups in total. The van der Waals surface area contributed by atoms with Gasteiger partial charge in [-0.1, -0.05) is 6.92 Å². The van der Waals surface area contributed by atoms with E-state index in [0.29, 0.717) is 24.7 Å². The minimum Gasteiger partial charge on any atom is -0.326 e. The molecule has 0 saturated carbocycles. The molecule has 1 amide bonds. The second-order valence-corrected chi connectivity index (χ2v) is 7.87. The number of unbranched alkanes of at least 4 members (excludes halogenated alkanes) is 1. The van der Waals surface area contributed by atoms with Crippen LogP contribution in [-0.4, -0.2) is 45.4 Å². The van der Waals surface area contributed by atoms with E-state index in [1.54, 1.807) is 19.1 Å². The van der Waals surface area contributed by atoms with E-state index < -0.39 is 10.0 Å². The summed E-state index contributed by atoms with van der Waals surface area (Å²) in [5.74, 6) is -0.102. The third-order valence-electron chi connectivity index (χ3n) is 3.88. The molecule has 0 heterocycles. The summed E-state index contributed by atoms with van der Waals surface area (Å²) in [6.07, 6.45) is 2.12. The molecule has 0 saturated heterocycles. The molecule has 0 atom stereocenters. The summed E-state index contributed by atoms with van der Waals surface area (Å²) >= 11 is 0. The standard InChI is InChI=1S/C17H29N3O3S/c1-5-17(21)19-15-8-10-16(11-9-15)24(22,23)18-12-6-7-13-20(4)14(2)3/h8-11,14,18H,5-7,12-13H2,1-4H3,(H,19,21). The number of hydrogen-bond acceptors (Lipinski definition) is 4. The van der Waals surface area contributed by atoms with E-state index in [1.807, 2.05) is 0 Å². The zero-order chi connectivity index (χ0) is 18.2. The first-order valence-electron chi connectivity index (χ1n) is 8.36. The molecule has 1 aromatic rings. The average molecular weight is 356 g/mol. The Balaban J connectivity index is 2.46. The van der Waals surface area contributed by atoms with Gasteiger partial charge >= 0.3 is 0 Å². The van der Waals surface area contributed by atoms with Crippen LogP contribution >= 0.6 is 0 Å². The predicted molar refractivity (Wildman–Crippen MR) is 97.6 cm³/mol. The second kappa shape index (κ2) is 9.76. The number of sulfonamides is 1. The van der Waals surface area contributed by atoms with Crippen LogP contribution < -0.4 is 10.0 Å². The summed E-state index contributed by atoms with van der Waals surface area (Å²) in [7, 11) is -1.44. The van der Waals surface area contributed by atoms with Gasteiger partial charge in [-0.05, 0) is 64.5 Å². The van der Waals surface area contributed by atoms with Crippen molar-refractivity contribution in [1.82, 2.24) is 9.62 Å². The summed E-state index contributed by atoms with van der Waals surface area (Å²) in [4.78, 5) is 13.7. The molecule has 0 unspecified atom stereocenters. The number of carbonyl (C=O) groups is 1. The van der Waals surface area contributed by atoms with Crippen LogP contribution in [0.25, 0.3) is 0 Å². The first-order valence-corrected chi connectivity index (χ1v) is 9.84. The molecule has 0 fully saturated rings. The maximum absolute atomic E-state index is 12.2. The molecule has 0 bridgehead atoms. The van der Waals surface area contributed by atoms with Crippen molar-refractivity contribution in [1.29, 1.82) is 0 Å². The monoisotopic (exact) mass is 355 g/mol. The first-order chi connectivity index (χ1) is 11.3. The Kier molecular flexibility index (Phi) is 8.38. The van der Waals surface area contributed by atoms with E-state index in [9.17, 15) is 13.2 Å². The van der Waals surface area contributed by atoms with Crippen LogP contribution in [0.15, 0.2) is 29.2 Å². The minimum absolute atomic E-state index is 0.102. The van der Waals surface area contributed by atoms with Gasteiger partial charge in [-0.15, -0.1) is 0 Å². The Bertz CT molecular complexity index is 612. The molecule has 0 aromatic heterocycles. The molecule has 0 aliphatic rings. The normalized spacial score (nSPS) is 11.9. The molecule has 0 aliphatic carbocycles. The SMILES string of the molecule is CCC(=O)Nc1ccc(S(=O)(=O)NCCCCN(C)C(C)C)cc1. The zero-order valence-corrected chi connectivity index (χ0v) is 15.8. The van der Waals surface area contributed by atoms with Crippen molar-refractivity contribution in [2.75, 3.05) is 25.5 Å². The summed E-state index contributed by atoms with van der Waals surface area (Å²) in [6, 6.07) is 6.69. The van der Waals surface area contributed by atoms with Crippen molar-refractivity contribution < 1.29 is 13.2 Å². The number of hydrogen-bond donors (Lipinski definition) is 2. The lowest BCUT2D eigenvalue weighted by Gasteiger charge is -2.20. The molecule has 0 radical (unpaired) electrons. The molecule has 7 heteroatoms. The third kappa shape index (κ3) is 6.98. The van der Waals surface area contributed by atoms with Crippen LogP contribution in [0.1, 0.15) is 40.0 Å². The largest absolute Gasteiger partial charge is 0.326 e. The number of nitrogens with zero attached hydrogens (tertiary/aromatic N) is 1. The highest BCUT2D eigenvalue weighted by molar-refractivity contribution is 7.89. The smallest absolute Gasteiger partial charge is 0.240 e. The molecule has 136 valence electrons. The fraction of sp³-hybridized carbons (Fsp3) is 0.588. The van der Waals surface area contributed by atoms with Crippen LogP contribution in [0, 0.1) is 0 Å². The van der Waals surface area contributed by atoms with Crippen molar-refractivity contribution in [2.24, 2.45) is 0 Å².